The van der Waals surface area contributed by atoms with Crippen molar-refractivity contribution in [1.82, 2.24) is 9.88 Å². The van der Waals surface area contributed by atoms with Crippen LogP contribution in [0.3, 0.4) is 0 Å². The summed E-state index contributed by atoms with van der Waals surface area (Å²) >= 11 is 0. The Morgan fingerprint density at radius 3 is 2.46 bits per heavy atom. The minimum Gasteiger partial charge on any atom is -0.444 e. The maximum Gasteiger partial charge on any atom is 0.410 e. The fourth-order valence-corrected chi connectivity index (χ4v) is 5.57. The Bertz CT molecular complexity index is 1370. The topological polar surface area (TPSA) is 97.5 Å². The third kappa shape index (κ3) is 6.76. The highest BCUT2D eigenvalue weighted by Crippen LogP contribution is 2.40. The van der Waals surface area contributed by atoms with E-state index in [4.69, 9.17) is 10.5 Å². The number of carbonyl (C=O) groups excluding carboxylic acids is 2. The predicted molar refractivity (Wildman–Crippen MR) is 157 cm³/mol. The number of likely N-dealkylation sites (tertiary alicyclic amines) is 1. The molecule has 216 valence electrons. The molecule has 1 saturated heterocycles. The number of nitrogens with two attached hydrogens (primary N) is 1. The molecule has 0 spiro atoms. The molecule has 1 unspecified atom stereocenters. The average Bonchev–Trinajstić information content (AvgIpc) is 3.67. The Hall–Kier alpha value is -3.78. The second-order valence-corrected chi connectivity index (χ2v) is 12.3. The van der Waals surface area contributed by atoms with E-state index in [1.807, 2.05) is 48.5 Å². The van der Waals surface area contributed by atoms with Crippen molar-refractivity contribution in [3.8, 4) is 0 Å². The number of hydrogen-bond acceptors (Lipinski definition) is 5. The summed E-state index contributed by atoms with van der Waals surface area (Å²) in [5.41, 5.74) is 7.79. The van der Waals surface area contributed by atoms with Crippen LogP contribution in [0.4, 0.5) is 14.9 Å². The Balaban J connectivity index is 1.41. The molecule has 2 amide bonds. The molecule has 3 atom stereocenters. The molecule has 3 aromatic rings. The molecule has 1 aliphatic carbocycles. The van der Waals surface area contributed by atoms with E-state index in [-0.39, 0.29) is 11.6 Å². The standard InChI is InChI=1S/C33H39FN4O3/c1-32(2,3)41-31(40)38-21-24(23-9-5-4-6-10-23)19-28(38)30(39)37-27-20-25(14-15-26(27)34)33(35,17-16-22-12-13-22)29-11-7-8-18-36-29/h4-11,14-15,18,20,22,24,28H,12-13,16-17,19,21,35H2,1-3H3,(H,37,39)/t24-,28+,33?/m0/s1. The van der Waals surface area contributed by atoms with E-state index in [1.165, 1.54) is 23.8 Å². The van der Waals surface area contributed by atoms with Gasteiger partial charge in [0.05, 0.1) is 16.9 Å². The molecule has 2 heterocycles. The highest BCUT2D eigenvalue weighted by molar-refractivity contribution is 5.97. The third-order valence-corrected chi connectivity index (χ3v) is 8.01. The largest absolute Gasteiger partial charge is 0.444 e. The normalized spacial score (nSPS) is 20.4. The first-order chi connectivity index (χ1) is 19.5. The van der Waals surface area contributed by atoms with Gasteiger partial charge < -0.3 is 15.8 Å². The predicted octanol–water partition coefficient (Wildman–Crippen LogP) is 6.34. The number of carbonyl (C=O) groups is 2. The number of ether oxygens (including phenoxy) is 1. The number of amides is 2. The minimum atomic E-state index is -0.939. The molecule has 5 rings (SSSR count). The van der Waals surface area contributed by atoms with Gasteiger partial charge in [-0.25, -0.2) is 9.18 Å². The van der Waals surface area contributed by atoms with Gasteiger partial charge in [0.2, 0.25) is 5.91 Å². The van der Waals surface area contributed by atoms with Gasteiger partial charge in [0.15, 0.2) is 0 Å². The molecular weight excluding hydrogens is 519 g/mol. The summed E-state index contributed by atoms with van der Waals surface area (Å²) < 4.78 is 20.8. The summed E-state index contributed by atoms with van der Waals surface area (Å²) in [6.45, 7) is 5.69. The zero-order valence-corrected chi connectivity index (χ0v) is 24.0. The van der Waals surface area contributed by atoms with Gasteiger partial charge in [-0.15, -0.1) is 0 Å². The molecule has 1 saturated carbocycles. The van der Waals surface area contributed by atoms with Crippen molar-refractivity contribution in [3.63, 3.8) is 0 Å². The van der Waals surface area contributed by atoms with E-state index in [0.29, 0.717) is 36.6 Å². The van der Waals surface area contributed by atoms with Crippen LogP contribution < -0.4 is 11.1 Å². The summed E-state index contributed by atoms with van der Waals surface area (Å²) in [4.78, 5) is 32.9. The van der Waals surface area contributed by atoms with Crippen molar-refractivity contribution in [1.29, 1.82) is 0 Å². The van der Waals surface area contributed by atoms with Gasteiger partial charge in [0.1, 0.15) is 17.5 Å². The summed E-state index contributed by atoms with van der Waals surface area (Å²) in [5, 5.41) is 2.77. The molecule has 7 nitrogen and oxygen atoms in total. The SMILES string of the molecule is CC(C)(C)OC(=O)N1C[C@@H](c2ccccc2)C[C@@H]1C(=O)Nc1cc(C(N)(CCC2CC2)c2ccccn2)ccc1F. The van der Waals surface area contributed by atoms with Gasteiger partial charge in [0, 0.05) is 18.7 Å². The van der Waals surface area contributed by atoms with E-state index in [1.54, 1.807) is 39.1 Å². The zero-order chi connectivity index (χ0) is 29.2. The number of halogens is 1. The maximum atomic E-state index is 15.2. The minimum absolute atomic E-state index is 0.0250. The molecule has 1 aromatic heterocycles. The molecular formula is C33H39FN4O3. The Labute approximate surface area is 241 Å². The van der Waals surface area contributed by atoms with Crippen molar-refractivity contribution in [2.75, 3.05) is 11.9 Å². The number of benzene rings is 2. The molecule has 2 aliphatic rings. The van der Waals surface area contributed by atoms with E-state index in [9.17, 15) is 9.59 Å². The van der Waals surface area contributed by atoms with E-state index >= 15 is 4.39 Å². The van der Waals surface area contributed by atoms with E-state index in [0.717, 1.165) is 12.0 Å². The summed E-state index contributed by atoms with van der Waals surface area (Å²) in [5.74, 6) is -0.447. The van der Waals surface area contributed by atoms with Crippen molar-refractivity contribution in [2.45, 2.75) is 76.0 Å². The number of nitrogens with zero attached hydrogens (tertiary/aromatic N) is 2. The van der Waals surface area contributed by atoms with Crippen LogP contribution >= 0.6 is 0 Å². The number of anilines is 1. The fraction of sp³-hybridized carbons (Fsp3) is 0.424. The molecule has 8 heteroatoms. The van der Waals surface area contributed by atoms with Gasteiger partial charge in [-0.05, 0) is 81.3 Å². The van der Waals surface area contributed by atoms with Crippen LogP contribution in [0, 0.1) is 11.7 Å². The van der Waals surface area contributed by atoms with E-state index < -0.39 is 35.0 Å². The maximum absolute atomic E-state index is 15.2. The van der Waals surface area contributed by atoms with Crippen molar-refractivity contribution < 1.29 is 18.7 Å². The van der Waals surface area contributed by atoms with E-state index in [2.05, 4.69) is 10.3 Å². The van der Waals surface area contributed by atoms with Crippen LogP contribution in [-0.2, 0) is 15.1 Å². The lowest BCUT2D eigenvalue weighted by Gasteiger charge is -2.31. The van der Waals surface area contributed by atoms with Crippen LogP contribution in [-0.4, -0.2) is 40.1 Å². The Morgan fingerprint density at radius 1 is 1.07 bits per heavy atom. The van der Waals surface area contributed by atoms with Crippen LogP contribution in [0.2, 0.25) is 0 Å². The Morgan fingerprint density at radius 2 is 1.80 bits per heavy atom. The fourth-order valence-electron chi connectivity index (χ4n) is 5.57. The lowest BCUT2D eigenvalue weighted by atomic mass is 9.82. The molecule has 1 aliphatic heterocycles. The highest BCUT2D eigenvalue weighted by Gasteiger charge is 2.42. The number of aromatic nitrogens is 1. The van der Waals surface area contributed by atoms with Gasteiger partial charge >= 0.3 is 6.09 Å². The van der Waals surface area contributed by atoms with Gasteiger partial charge in [0.25, 0.3) is 0 Å². The highest BCUT2D eigenvalue weighted by atomic mass is 19.1. The summed E-state index contributed by atoms with van der Waals surface area (Å²) in [6.07, 6.45) is 5.52. The molecule has 41 heavy (non-hydrogen) atoms. The molecule has 2 aromatic carbocycles. The first kappa shape index (κ1) is 28.7. The second kappa shape index (κ2) is 11.6. The van der Waals surface area contributed by atoms with Gasteiger partial charge in [-0.1, -0.05) is 55.3 Å². The lowest BCUT2D eigenvalue weighted by molar-refractivity contribution is -0.120. The van der Waals surface area contributed by atoms with Crippen LogP contribution in [0.1, 0.15) is 75.6 Å². The Kier molecular flexibility index (Phi) is 8.13. The number of rotatable bonds is 8. The number of hydrogen-bond donors (Lipinski definition) is 2. The number of pyridine rings is 1. The van der Waals surface area contributed by atoms with Crippen LogP contribution in [0.5, 0.6) is 0 Å². The molecule has 3 N–H and O–H groups in total. The summed E-state index contributed by atoms with van der Waals surface area (Å²) in [7, 11) is 0. The average molecular weight is 559 g/mol. The van der Waals surface area contributed by atoms with Crippen molar-refractivity contribution in [2.24, 2.45) is 11.7 Å². The zero-order valence-electron chi connectivity index (χ0n) is 24.0. The monoisotopic (exact) mass is 558 g/mol. The quantitative estimate of drug-likeness (QED) is 0.336. The molecule has 2 fully saturated rings. The molecule has 0 bridgehead atoms. The van der Waals surface area contributed by atoms with Crippen molar-refractivity contribution in [3.05, 3.63) is 95.6 Å². The van der Waals surface area contributed by atoms with Crippen LogP contribution in [0.25, 0.3) is 0 Å². The smallest absolute Gasteiger partial charge is 0.410 e. The number of nitrogens with one attached hydrogen (secondary N) is 1. The van der Waals surface area contributed by atoms with Gasteiger partial charge in [-0.3, -0.25) is 14.7 Å². The van der Waals surface area contributed by atoms with Crippen molar-refractivity contribution >= 4 is 17.7 Å². The van der Waals surface area contributed by atoms with Crippen LogP contribution in [0.15, 0.2) is 72.9 Å². The first-order valence-electron chi connectivity index (χ1n) is 14.4. The van der Waals surface area contributed by atoms with Gasteiger partial charge in [-0.2, -0.15) is 0 Å². The first-order valence-corrected chi connectivity index (χ1v) is 14.4. The lowest BCUT2D eigenvalue weighted by Crippen LogP contribution is -2.45. The summed E-state index contributed by atoms with van der Waals surface area (Å²) in [6, 6.07) is 19.2. The second-order valence-electron chi connectivity index (χ2n) is 12.3. The third-order valence-electron chi connectivity index (χ3n) is 8.01. The molecule has 0 radical (unpaired) electrons.